The first-order chi connectivity index (χ1) is 7.83. The van der Waals surface area contributed by atoms with Gasteiger partial charge in [-0.1, -0.05) is 12.8 Å². The highest BCUT2D eigenvalue weighted by Crippen LogP contribution is 2.17. The molecule has 0 unspecified atom stereocenters. The molecule has 0 bridgehead atoms. The zero-order chi connectivity index (χ0) is 11.6. The summed E-state index contributed by atoms with van der Waals surface area (Å²) in [5.41, 5.74) is 5.25. The second-order valence-electron chi connectivity index (χ2n) is 4.00. The van der Waals surface area contributed by atoms with E-state index in [1.807, 2.05) is 0 Å². The molecule has 1 fully saturated rings. The van der Waals surface area contributed by atoms with E-state index in [0.717, 1.165) is 12.8 Å². The molecule has 5 heteroatoms. The standard InChI is InChI=1S/C11H22N2O3/c12-5-6-15-7-8-16-9-11(14)13-10-3-1-2-4-10/h10H,1-9,12H2,(H,13,14). The number of nitrogens with two attached hydrogens (primary N) is 1. The molecule has 5 nitrogen and oxygen atoms in total. The first kappa shape index (κ1) is 13.4. The second kappa shape index (κ2) is 8.50. The van der Waals surface area contributed by atoms with Crippen molar-refractivity contribution in [1.82, 2.24) is 5.32 Å². The lowest BCUT2D eigenvalue weighted by atomic mass is 10.2. The van der Waals surface area contributed by atoms with Crippen molar-refractivity contribution in [2.75, 3.05) is 33.0 Å². The molecule has 0 heterocycles. The summed E-state index contributed by atoms with van der Waals surface area (Å²) in [5, 5.41) is 2.96. The lowest BCUT2D eigenvalue weighted by Crippen LogP contribution is -2.35. The van der Waals surface area contributed by atoms with Gasteiger partial charge >= 0.3 is 0 Å². The summed E-state index contributed by atoms with van der Waals surface area (Å²) in [4.78, 5) is 11.4. The summed E-state index contributed by atoms with van der Waals surface area (Å²) in [6.07, 6.45) is 4.65. The molecule has 0 aromatic rings. The average molecular weight is 230 g/mol. The van der Waals surface area contributed by atoms with Crippen molar-refractivity contribution in [3.05, 3.63) is 0 Å². The first-order valence-electron chi connectivity index (χ1n) is 5.98. The molecule has 1 aliphatic carbocycles. The predicted octanol–water partition coefficient (Wildman–Crippen LogP) is 0.0371. The molecule has 0 atom stereocenters. The molecule has 1 saturated carbocycles. The Kier molecular flexibility index (Phi) is 7.12. The number of ether oxygens (including phenoxy) is 2. The van der Waals surface area contributed by atoms with Gasteiger partial charge in [-0.3, -0.25) is 4.79 Å². The van der Waals surface area contributed by atoms with Crippen LogP contribution in [0.3, 0.4) is 0 Å². The third-order valence-corrected chi connectivity index (χ3v) is 2.59. The monoisotopic (exact) mass is 230 g/mol. The Morgan fingerprint density at radius 1 is 1.19 bits per heavy atom. The van der Waals surface area contributed by atoms with Gasteiger partial charge in [-0.2, -0.15) is 0 Å². The Morgan fingerprint density at radius 2 is 1.88 bits per heavy atom. The van der Waals surface area contributed by atoms with Gasteiger partial charge in [-0.05, 0) is 12.8 Å². The first-order valence-corrected chi connectivity index (χ1v) is 5.98. The highest BCUT2D eigenvalue weighted by Gasteiger charge is 2.16. The Balaban J connectivity index is 1.89. The maximum atomic E-state index is 11.4. The van der Waals surface area contributed by atoms with E-state index < -0.39 is 0 Å². The Bertz CT molecular complexity index is 194. The van der Waals surface area contributed by atoms with Gasteiger partial charge in [0.05, 0.1) is 19.8 Å². The maximum Gasteiger partial charge on any atom is 0.246 e. The quantitative estimate of drug-likeness (QED) is 0.577. The number of rotatable bonds is 8. The summed E-state index contributed by atoms with van der Waals surface area (Å²) >= 11 is 0. The molecule has 3 N–H and O–H groups in total. The fourth-order valence-electron chi connectivity index (χ4n) is 1.81. The highest BCUT2D eigenvalue weighted by atomic mass is 16.5. The zero-order valence-corrected chi connectivity index (χ0v) is 9.74. The van der Waals surface area contributed by atoms with Crippen molar-refractivity contribution in [2.45, 2.75) is 31.7 Å². The van der Waals surface area contributed by atoms with Gasteiger partial charge in [0.25, 0.3) is 0 Å². The number of hydrogen-bond acceptors (Lipinski definition) is 4. The minimum absolute atomic E-state index is 0.0225. The van der Waals surface area contributed by atoms with Crippen LogP contribution in [0.4, 0.5) is 0 Å². The second-order valence-corrected chi connectivity index (χ2v) is 4.00. The van der Waals surface area contributed by atoms with Gasteiger partial charge in [-0.25, -0.2) is 0 Å². The molecule has 0 saturated heterocycles. The van der Waals surface area contributed by atoms with Crippen molar-refractivity contribution < 1.29 is 14.3 Å². The van der Waals surface area contributed by atoms with E-state index in [1.165, 1.54) is 12.8 Å². The maximum absolute atomic E-state index is 11.4. The number of amides is 1. The largest absolute Gasteiger partial charge is 0.378 e. The molecule has 16 heavy (non-hydrogen) atoms. The SMILES string of the molecule is NCCOCCOCC(=O)NC1CCCC1. The van der Waals surface area contributed by atoms with Crippen LogP contribution in [-0.2, 0) is 14.3 Å². The zero-order valence-electron chi connectivity index (χ0n) is 9.74. The van der Waals surface area contributed by atoms with E-state index in [0.29, 0.717) is 32.4 Å². The summed E-state index contributed by atoms with van der Waals surface area (Å²) in [5.74, 6) is -0.0225. The minimum atomic E-state index is -0.0225. The van der Waals surface area contributed by atoms with Crippen molar-refractivity contribution in [2.24, 2.45) is 5.73 Å². The summed E-state index contributed by atoms with van der Waals surface area (Å²) in [6.45, 7) is 2.12. The van der Waals surface area contributed by atoms with E-state index in [-0.39, 0.29) is 12.5 Å². The highest BCUT2D eigenvalue weighted by molar-refractivity contribution is 5.77. The van der Waals surface area contributed by atoms with E-state index in [9.17, 15) is 4.79 Å². The van der Waals surface area contributed by atoms with Gasteiger partial charge in [0.15, 0.2) is 0 Å². The van der Waals surface area contributed by atoms with Crippen molar-refractivity contribution in [1.29, 1.82) is 0 Å². The van der Waals surface area contributed by atoms with Crippen molar-refractivity contribution >= 4 is 5.91 Å². The molecule has 0 spiro atoms. The lowest BCUT2D eigenvalue weighted by molar-refractivity contribution is -0.126. The lowest BCUT2D eigenvalue weighted by Gasteiger charge is -2.11. The Hall–Kier alpha value is -0.650. The molecular weight excluding hydrogens is 208 g/mol. The Labute approximate surface area is 96.7 Å². The van der Waals surface area contributed by atoms with Gasteiger partial charge in [0.2, 0.25) is 5.91 Å². The van der Waals surface area contributed by atoms with Gasteiger partial charge in [0.1, 0.15) is 6.61 Å². The normalized spacial score (nSPS) is 16.6. The number of nitrogens with one attached hydrogen (secondary N) is 1. The molecule has 1 aliphatic rings. The molecular formula is C11H22N2O3. The molecule has 1 amide bonds. The van der Waals surface area contributed by atoms with Crippen LogP contribution in [-0.4, -0.2) is 44.9 Å². The van der Waals surface area contributed by atoms with Crippen molar-refractivity contribution in [3.8, 4) is 0 Å². The average Bonchev–Trinajstić information content (AvgIpc) is 2.76. The van der Waals surface area contributed by atoms with E-state index in [1.54, 1.807) is 0 Å². The van der Waals surface area contributed by atoms with Crippen LogP contribution in [0.15, 0.2) is 0 Å². The number of carbonyl (C=O) groups is 1. The molecule has 0 aromatic carbocycles. The van der Waals surface area contributed by atoms with Gasteiger partial charge in [-0.15, -0.1) is 0 Å². The van der Waals surface area contributed by atoms with Crippen LogP contribution in [0.2, 0.25) is 0 Å². The minimum Gasteiger partial charge on any atom is -0.378 e. The Morgan fingerprint density at radius 3 is 2.56 bits per heavy atom. The van der Waals surface area contributed by atoms with Crippen LogP contribution in [0.25, 0.3) is 0 Å². The molecule has 1 rings (SSSR count). The summed E-state index contributed by atoms with van der Waals surface area (Å²) in [7, 11) is 0. The van der Waals surface area contributed by atoms with Crippen molar-refractivity contribution in [3.63, 3.8) is 0 Å². The smallest absolute Gasteiger partial charge is 0.246 e. The van der Waals surface area contributed by atoms with E-state index in [4.69, 9.17) is 15.2 Å². The van der Waals surface area contributed by atoms with Gasteiger partial charge in [0, 0.05) is 12.6 Å². The number of hydrogen-bond donors (Lipinski definition) is 2. The third-order valence-electron chi connectivity index (χ3n) is 2.59. The summed E-state index contributed by atoms with van der Waals surface area (Å²) < 4.78 is 10.3. The molecule has 0 aromatic heterocycles. The van der Waals surface area contributed by atoms with Crippen LogP contribution in [0.5, 0.6) is 0 Å². The fraction of sp³-hybridized carbons (Fsp3) is 0.909. The topological polar surface area (TPSA) is 73.6 Å². The van der Waals surface area contributed by atoms with Crippen LogP contribution < -0.4 is 11.1 Å². The van der Waals surface area contributed by atoms with Crippen LogP contribution in [0.1, 0.15) is 25.7 Å². The fourth-order valence-corrected chi connectivity index (χ4v) is 1.81. The molecule has 0 radical (unpaired) electrons. The van der Waals surface area contributed by atoms with Crippen LogP contribution >= 0.6 is 0 Å². The molecule has 0 aliphatic heterocycles. The number of carbonyl (C=O) groups excluding carboxylic acids is 1. The van der Waals surface area contributed by atoms with Crippen LogP contribution in [0, 0.1) is 0 Å². The third kappa shape index (κ3) is 6.05. The van der Waals surface area contributed by atoms with Gasteiger partial charge < -0.3 is 20.5 Å². The predicted molar refractivity (Wildman–Crippen MR) is 61.1 cm³/mol. The summed E-state index contributed by atoms with van der Waals surface area (Å²) in [6, 6.07) is 0.365. The van der Waals surface area contributed by atoms with E-state index in [2.05, 4.69) is 5.32 Å². The van der Waals surface area contributed by atoms with E-state index >= 15 is 0 Å². The molecule has 94 valence electrons.